The predicted octanol–water partition coefficient (Wildman–Crippen LogP) is 4.76. The third kappa shape index (κ3) is 6.27. The van der Waals surface area contributed by atoms with Gasteiger partial charge in [0, 0.05) is 44.5 Å². The predicted molar refractivity (Wildman–Crippen MR) is 128 cm³/mol. The molecule has 2 aliphatic rings. The number of hydrogen-bond acceptors (Lipinski definition) is 6. The van der Waals surface area contributed by atoms with Crippen LogP contribution in [0.4, 0.5) is 38.1 Å². The van der Waals surface area contributed by atoms with Crippen molar-refractivity contribution < 1.29 is 45.4 Å². The number of amides is 2. The highest BCUT2D eigenvalue weighted by Gasteiger charge is 2.37. The summed E-state index contributed by atoms with van der Waals surface area (Å²) in [6, 6.07) is 6.80. The van der Waals surface area contributed by atoms with Gasteiger partial charge in [0.25, 0.3) is 0 Å². The Kier molecular flexibility index (Phi) is 7.98. The minimum absolute atomic E-state index is 0.0148. The third-order valence-electron chi connectivity index (χ3n) is 6.28. The number of carbonyl (C=O) groups excluding carboxylic acids is 2. The van der Waals surface area contributed by atoms with Crippen LogP contribution in [-0.2, 0) is 31.4 Å². The van der Waals surface area contributed by atoms with Crippen molar-refractivity contribution in [1.29, 1.82) is 0 Å². The molecule has 1 N–H and O–H groups in total. The van der Waals surface area contributed by atoms with E-state index < -0.39 is 49.5 Å². The van der Waals surface area contributed by atoms with Crippen molar-refractivity contribution in [3.05, 3.63) is 59.2 Å². The van der Waals surface area contributed by atoms with Gasteiger partial charge in [-0.2, -0.15) is 13.2 Å². The third-order valence-corrected chi connectivity index (χ3v) is 8.64. The Balaban J connectivity index is 1.40. The molecular formula is C24H25F5N3O5P. The van der Waals surface area contributed by atoms with Crippen LogP contribution in [0.5, 0.6) is 0 Å². The number of ether oxygens (including phenoxy) is 1. The highest BCUT2D eigenvalue weighted by atomic mass is 31.2. The molecule has 206 valence electrons. The second kappa shape index (κ2) is 10.9. The van der Waals surface area contributed by atoms with Gasteiger partial charge in [0.2, 0.25) is 13.3 Å². The molecule has 38 heavy (non-hydrogen) atoms. The van der Waals surface area contributed by atoms with Gasteiger partial charge in [-0.25, -0.2) is 13.6 Å². The summed E-state index contributed by atoms with van der Waals surface area (Å²) in [5.74, 6) is -2.21. The number of cyclic esters (lactones) is 1. The van der Waals surface area contributed by atoms with Crippen molar-refractivity contribution in [2.24, 2.45) is 0 Å². The van der Waals surface area contributed by atoms with E-state index in [2.05, 4.69) is 5.32 Å². The lowest BCUT2D eigenvalue weighted by Crippen LogP contribution is -2.36. The van der Waals surface area contributed by atoms with Crippen LogP contribution in [0.1, 0.15) is 18.1 Å². The number of nitrogens with one attached hydrogen (secondary N) is 1. The average Bonchev–Trinajstić information content (AvgIpc) is 3.22. The Morgan fingerprint density at radius 1 is 1.16 bits per heavy atom. The highest BCUT2D eigenvalue weighted by molar-refractivity contribution is 7.59. The summed E-state index contributed by atoms with van der Waals surface area (Å²) in [4.78, 5) is 25.6. The van der Waals surface area contributed by atoms with Crippen LogP contribution in [0.3, 0.4) is 0 Å². The van der Waals surface area contributed by atoms with Crippen LogP contribution in [0.15, 0.2) is 36.4 Å². The Bertz CT molecular complexity index is 1240. The molecule has 2 aliphatic heterocycles. The first-order valence-electron chi connectivity index (χ1n) is 11.7. The van der Waals surface area contributed by atoms with E-state index in [4.69, 9.17) is 9.26 Å². The van der Waals surface area contributed by atoms with Crippen molar-refractivity contribution in [1.82, 2.24) is 5.32 Å². The van der Waals surface area contributed by atoms with Crippen LogP contribution in [0.2, 0.25) is 0 Å². The van der Waals surface area contributed by atoms with Gasteiger partial charge in [-0.3, -0.25) is 14.3 Å². The molecule has 0 saturated carbocycles. The van der Waals surface area contributed by atoms with E-state index in [1.165, 1.54) is 30.0 Å². The van der Waals surface area contributed by atoms with Gasteiger partial charge in [0.15, 0.2) is 11.6 Å². The molecule has 0 bridgehead atoms. The number of nitrogens with zero attached hydrogens (tertiary/aromatic N) is 2. The summed E-state index contributed by atoms with van der Waals surface area (Å²) in [5.41, 5.74) is -1.46. The van der Waals surface area contributed by atoms with Crippen LogP contribution in [0.25, 0.3) is 0 Å². The van der Waals surface area contributed by atoms with Crippen LogP contribution >= 0.6 is 7.37 Å². The van der Waals surface area contributed by atoms with Gasteiger partial charge in [0.05, 0.1) is 30.9 Å². The van der Waals surface area contributed by atoms with Gasteiger partial charge in [-0.15, -0.1) is 0 Å². The summed E-state index contributed by atoms with van der Waals surface area (Å²) in [7, 11) is -3.35. The molecule has 4 rings (SSSR count). The molecule has 1 atom stereocenters. The number of hydrogen-bond donors (Lipinski definition) is 1. The molecule has 2 heterocycles. The fourth-order valence-electron chi connectivity index (χ4n) is 4.34. The number of carbonyl (C=O) groups is 2. The standard InChI is InChI=1S/C24H25F5N3O5P/c1-15(33)30-12-18-13-32(23(34)37-18)17-10-20(25)22(21(26)11-17)31-6-8-38(35,9-7-31)36-14-16-4-2-3-5-19(16)24(27,28)29/h2-5,10-11,18H,6-9,12-14H2,1H3,(H,30,33)/t18-/m0/s1. The quantitative estimate of drug-likeness (QED) is 0.388. The lowest BCUT2D eigenvalue weighted by Gasteiger charge is -2.34. The van der Waals surface area contributed by atoms with Gasteiger partial charge >= 0.3 is 12.3 Å². The first kappa shape index (κ1) is 27.8. The molecule has 0 unspecified atom stereocenters. The smallest absolute Gasteiger partial charge is 0.416 e. The van der Waals surface area contributed by atoms with E-state index in [1.54, 1.807) is 0 Å². The van der Waals surface area contributed by atoms with Crippen molar-refractivity contribution >= 4 is 30.7 Å². The monoisotopic (exact) mass is 561 g/mol. The van der Waals surface area contributed by atoms with E-state index in [1.807, 2.05) is 0 Å². The van der Waals surface area contributed by atoms with Crippen LogP contribution < -0.4 is 15.1 Å². The first-order chi connectivity index (χ1) is 17.9. The molecule has 2 fully saturated rings. The van der Waals surface area contributed by atoms with Crippen molar-refractivity contribution in [3.8, 4) is 0 Å². The molecule has 2 aromatic carbocycles. The second-order valence-corrected chi connectivity index (χ2v) is 11.8. The van der Waals surface area contributed by atoms with Gasteiger partial charge in [-0.1, -0.05) is 18.2 Å². The van der Waals surface area contributed by atoms with Crippen molar-refractivity contribution in [2.75, 3.05) is 48.3 Å². The van der Waals surface area contributed by atoms with E-state index >= 15 is 8.78 Å². The summed E-state index contributed by atoms with van der Waals surface area (Å²) in [6.07, 6.45) is -6.29. The SMILES string of the molecule is CC(=O)NC[C@H]1CN(c2cc(F)c(N3CCP(=O)(OCc4ccccc4C(F)(F)F)CC3)c(F)c2)C(=O)O1. The molecule has 8 nitrogen and oxygen atoms in total. The lowest BCUT2D eigenvalue weighted by atomic mass is 10.1. The lowest BCUT2D eigenvalue weighted by molar-refractivity contribution is -0.138. The maximum absolute atomic E-state index is 15.0. The summed E-state index contributed by atoms with van der Waals surface area (Å²) >= 11 is 0. The maximum atomic E-state index is 15.0. The fourth-order valence-corrected chi connectivity index (χ4v) is 6.29. The number of alkyl halides is 3. The first-order valence-corrected chi connectivity index (χ1v) is 13.7. The van der Waals surface area contributed by atoms with E-state index in [0.29, 0.717) is 0 Å². The zero-order chi connectivity index (χ0) is 27.7. The number of halogens is 5. The Labute approximate surface area is 215 Å². The zero-order valence-corrected chi connectivity index (χ0v) is 21.2. The zero-order valence-electron chi connectivity index (χ0n) is 20.3. The van der Waals surface area contributed by atoms with Gasteiger partial charge < -0.3 is 19.5 Å². The topological polar surface area (TPSA) is 88.2 Å². The molecule has 0 aliphatic carbocycles. The average molecular weight is 561 g/mol. The van der Waals surface area contributed by atoms with E-state index in [0.717, 1.165) is 23.1 Å². The van der Waals surface area contributed by atoms with E-state index in [-0.39, 0.29) is 61.3 Å². The second-order valence-electron chi connectivity index (χ2n) is 8.99. The minimum atomic E-state index is -4.59. The molecule has 2 saturated heterocycles. The number of rotatable bonds is 7. The number of anilines is 2. The maximum Gasteiger partial charge on any atom is 0.416 e. The van der Waals surface area contributed by atoms with Gasteiger partial charge in [-0.05, 0) is 11.6 Å². The largest absolute Gasteiger partial charge is 0.442 e. The molecule has 14 heteroatoms. The molecule has 0 spiro atoms. The fraction of sp³-hybridized carbons (Fsp3) is 0.417. The number of benzene rings is 2. The van der Waals surface area contributed by atoms with Crippen molar-refractivity contribution in [3.63, 3.8) is 0 Å². The molecule has 0 aromatic heterocycles. The Hall–Kier alpha value is -3.18. The van der Waals surface area contributed by atoms with Crippen LogP contribution in [0, 0.1) is 11.6 Å². The minimum Gasteiger partial charge on any atom is -0.442 e. The van der Waals surface area contributed by atoms with E-state index in [9.17, 15) is 27.3 Å². The summed E-state index contributed by atoms with van der Waals surface area (Å²) < 4.78 is 93.3. The Morgan fingerprint density at radius 3 is 2.39 bits per heavy atom. The molecule has 0 radical (unpaired) electrons. The molecular weight excluding hydrogens is 536 g/mol. The van der Waals surface area contributed by atoms with Gasteiger partial charge in [0.1, 0.15) is 11.8 Å². The van der Waals surface area contributed by atoms with Crippen LogP contribution in [-0.4, -0.2) is 56.6 Å². The summed E-state index contributed by atoms with van der Waals surface area (Å²) in [5, 5.41) is 2.51. The Morgan fingerprint density at radius 2 is 1.79 bits per heavy atom. The van der Waals surface area contributed by atoms with Crippen molar-refractivity contribution in [2.45, 2.75) is 25.8 Å². The molecule has 2 amide bonds. The highest BCUT2D eigenvalue weighted by Crippen LogP contribution is 2.50. The normalized spacial score (nSPS) is 19.4. The molecule has 2 aromatic rings. The summed E-state index contributed by atoms with van der Waals surface area (Å²) in [6.45, 7) is 0.749.